The third-order valence-electron chi connectivity index (χ3n) is 6.72. The molecule has 0 radical (unpaired) electrons. The Bertz CT molecular complexity index is 920. The number of nitrogens with one attached hydrogen (secondary N) is 1. The highest BCUT2D eigenvalue weighted by atomic mass is 32.1. The second-order valence-corrected chi connectivity index (χ2v) is 10.5. The van der Waals surface area contributed by atoms with E-state index in [0.29, 0.717) is 25.3 Å². The van der Waals surface area contributed by atoms with Crippen LogP contribution in [0.2, 0.25) is 0 Å². The molecule has 1 aromatic carbocycles. The largest absolute Gasteiger partial charge is 0.508 e. The van der Waals surface area contributed by atoms with Gasteiger partial charge in [0.05, 0.1) is 0 Å². The molecule has 1 atom stereocenters. The van der Waals surface area contributed by atoms with E-state index in [1.807, 2.05) is 29.6 Å². The third kappa shape index (κ3) is 4.84. The standard InChI is InChI=1S/C25H33N3O3S/c1-18(2)16-25(23(30)28(24(31)26-25)14-11-22-4-3-15-32-22)20-9-12-27(13-10-20)17-19-5-7-21(29)8-6-19/h3-8,15,18,20,29H,9-14,16-17H2,1-2H3,(H,26,31)/t25-/m1/s1. The molecule has 0 aliphatic carbocycles. The molecule has 32 heavy (non-hydrogen) atoms. The summed E-state index contributed by atoms with van der Waals surface area (Å²) in [6.45, 7) is 7.29. The number of rotatable bonds is 8. The number of nitrogens with zero attached hydrogens (tertiary/aromatic N) is 2. The number of piperidine rings is 1. The SMILES string of the molecule is CC(C)C[C@]1(C2CCN(Cc3ccc(O)cc3)CC2)NC(=O)N(CCc2cccs2)C1=O. The van der Waals surface area contributed by atoms with Crippen LogP contribution in [-0.2, 0) is 17.8 Å². The van der Waals surface area contributed by atoms with Gasteiger partial charge in [-0.3, -0.25) is 14.6 Å². The number of phenols is 1. The molecule has 2 fully saturated rings. The number of aromatic hydroxyl groups is 1. The van der Waals surface area contributed by atoms with E-state index in [9.17, 15) is 14.7 Å². The lowest BCUT2D eigenvalue weighted by molar-refractivity contribution is -0.134. The van der Waals surface area contributed by atoms with Gasteiger partial charge in [-0.2, -0.15) is 0 Å². The van der Waals surface area contributed by atoms with Crippen molar-refractivity contribution in [1.82, 2.24) is 15.1 Å². The Kier molecular flexibility index (Phi) is 6.86. The highest BCUT2D eigenvalue weighted by Gasteiger charge is 2.55. The van der Waals surface area contributed by atoms with Gasteiger partial charge >= 0.3 is 6.03 Å². The first-order valence-electron chi connectivity index (χ1n) is 11.5. The summed E-state index contributed by atoms with van der Waals surface area (Å²) in [6, 6.07) is 11.2. The molecule has 0 bridgehead atoms. The molecule has 172 valence electrons. The minimum Gasteiger partial charge on any atom is -0.508 e. The average molecular weight is 456 g/mol. The van der Waals surface area contributed by atoms with Crippen molar-refractivity contribution in [2.24, 2.45) is 11.8 Å². The highest BCUT2D eigenvalue weighted by Crippen LogP contribution is 2.38. The van der Waals surface area contributed by atoms with E-state index >= 15 is 0 Å². The van der Waals surface area contributed by atoms with E-state index in [4.69, 9.17) is 0 Å². The summed E-state index contributed by atoms with van der Waals surface area (Å²) in [4.78, 5) is 31.6. The van der Waals surface area contributed by atoms with Crippen LogP contribution in [0.5, 0.6) is 5.75 Å². The van der Waals surface area contributed by atoms with E-state index in [2.05, 4.69) is 24.1 Å². The number of hydrogen-bond donors (Lipinski definition) is 2. The second-order valence-electron chi connectivity index (χ2n) is 9.50. The molecule has 7 heteroatoms. The number of urea groups is 1. The summed E-state index contributed by atoms with van der Waals surface area (Å²) in [7, 11) is 0. The van der Waals surface area contributed by atoms with E-state index in [0.717, 1.165) is 32.5 Å². The Morgan fingerprint density at radius 2 is 1.88 bits per heavy atom. The second kappa shape index (κ2) is 9.63. The molecule has 2 aliphatic rings. The first kappa shape index (κ1) is 22.8. The predicted octanol–water partition coefficient (Wildman–Crippen LogP) is 4.25. The van der Waals surface area contributed by atoms with Crippen LogP contribution >= 0.6 is 11.3 Å². The zero-order valence-corrected chi connectivity index (χ0v) is 19.7. The van der Waals surface area contributed by atoms with Crippen LogP contribution in [0.15, 0.2) is 41.8 Å². The van der Waals surface area contributed by atoms with Gasteiger partial charge in [0.15, 0.2) is 0 Å². The summed E-state index contributed by atoms with van der Waals surface area (Å²) in [5.74, 6) is 0.697. The number of benzene rings is 1. The number of thiophene rings is 1. The molecular formula is C25H33N3O3S. The summed E-state index contributed by atoms with van der Waals surface area (Å²) >= 11 is 1.66. The first-order chi connectivity index (χ1) is 15.4. The van der Waals surface area contributed by atoms with Gasteiger partial charge in [0.2, 0.25) is 0 Å². The molecule has 4 rings (SSSR count). The number of phenolic OH excluding ortho intramolecular Hbond substituents is 1. The maximum atomic E-state index is 13.6. The van der Waals surface area contributed by atoms with Gasteiger partial charge in [-0.15, -0.1) is 11.3 Å². The van der Waals surface area contributed by atoms with Crippen molar-refractivity contribution in [2.45, 2.75) is 51.6 Å². The summed E-state index contributed by atoms with van der Waals surface area (Å²) in [5.41, 5.74) is 0.383. The van der Waals surface area contributed by atoms with Gasteiger partial charge in [0.25, 0.3) is 5.91 Å². The van der Waals surface area contributed by atoms with Crippen molar-refractivity contribution < 1.29 is 14.7 Å². The van der Waals surface area contributed by atoms with Crippen LogP contribution in [0.3, 0.4) is 0 Å². The minimum atomic E-state index is -0.786. The summed E-state index contributed by atoms with van der Waals surface area (Å²) in [5, 5.41) is 14.7. The Balaban J connectivity index is 1.43. The fourth-order valence-electron chi connectivity index (χ4n) is 5.19. The lowest BCUT2D eigenvalue weighted by Crippen LogP contribution is -2.56. The Hall–Kier alpha value is -2.38. The number of imide groups is 1. The molecule has 6 nitrogen and oxygen atoms in total. The van der Waals surface area contributed by atoms with Gasteiger partial charge in [-0.1, -0.05) is 32.0 Å². The van der Waals surface area contributed by atoms with Crippen LogP contribution in [-0.4, -0.2) is 52.0 Å². The van der Waals surface area contributed by atoms with Gasteiger partial charge in [0, 0.05) is 18.0 Å². The van der Waals surface area contributed by atoms with Crippen molar-refractivity contribution >= 4 is 23.3 Å². The Morgan fingerprint density at radius 3 is 2.50 bits per heavy atom. The van der Waals surface area contributed by atoms with Crippen molar-refractivity contribution in [3.63, 3.8) is 0 Å². The molecule has 3 amide bonds. The number of carbonyl (C=O) groups is 2. The van der Waals surface area contributed by atoms with Crippen LogP contribution in [0.25, 0.3) is 0 Å². The monoisotopic (exact) mass is 455 g/mol. The summed E-state index contributed by atoms with van der Waals surface area (Å²) in [6.07, 6.45) is 3.15. The predicted molar refractivity (Wildman–Crippen MR) is 127 cm³/mol. The van der Waals surface area contributed by atoms with Gasteiger partial charge in [0.1, 0.15) is 11.3 Å². The topological polar surface area (TPSA) is 72.9 Å². The normalized spacial score (nSPS) is 22.7. The van der Waals surface area contributed by atoms with E-state index in [-0.39, 0.29) is 23.6 Å². The fraction of sp³-hybridized carbons (Fsp3) is 0.520. The van der Waals surface area contributed by atoms with Crippen LogP contribution in [0.4, 0.5) is 4.79 Å². The van der Waals surface area contributed by atoms with Crippen molar-refractivity contribution in [3.8, 4) is 5.75 Å². The Morgan fingerprint density at radius 1 is 1.16 bits per heavy atom. The average Bonchev–Trinajstić information content (AvgIpc) is 3.36. The molecule has 2 saturated heterocycles. The lowest BCUT2D eigenvalue weighted by atomic mass is 9.73. The quantitative estimate of drug-likeness (QED) is 0.584. The Labute approximate surface area is 194 Å². The molecule has 2 aliphatic heterocycles. The molecule has 3 heterocycles. The maximum Gasteiger partial charge on any atom is 0.325 e. The number of carbonyl (C=O) groups excluding carboxylic acids is 2. The van der Waals surface area contributed by atoms with Gasteiger partial charge < -0.3 is 10.4 Å². The van der Waals surface area contributed by atoms with Gasteiger partial charge in [-0.05, 0) is 79.8 Å². The molecular weight excluding hydrogens is 422 g/mol. The third-order valence-corrected chi connectivity index (χ3v) is 7.66. The van der Waals surface area contributed by atoms with Crippen LogP contribution in [0.1, 0.15) is 43.6 Å². The minimum absolute atomic E-state index is 0.0373. The zero-order chi connectivity index (χ0) is 22.7. The van der Waals surface area contributed by atoms with E-state index in [1.54, 1.807) is 23.5 Å². The van der Waals surface area contributed by atoms with E-state index in [1.165, 1.54) is 15.3 Å². The zero-order valence-electron chi connectivity index (χ0n) is 18.9. The van der Waals surface area contributed by atoms with Crippen molar-refractivity contribution in [2.75, 3.05) is 19.6 Å². The number of amides is 3. The molecule has 1 aromatic heterocycles. The smallest absolute Gasteiger partial charge is 0.325 e. The number of likely N-dealkylation sites (tertiary alicyclic amines) is 1. The van der Waals surface area contributed by atoms with Crippen molar-refractivity contribution in [1.29, 1.82) is 0 Å². The molecule has 0 saturated carbocycles. The van der Waals surface area contributed by atoms with Crippen LogP contribution < -0.4 is 5.32 Å². The highest BCUT2D eigenvalue weighted by molar-refractivity contribution is 7.09. The summed E-state index contributed by atoms with van der Waals surface area (Å²) < 4.78 is 0. The lowest BCUT2D eigenvalue weighted by Gasteiger charge is -2.41. The molecule has 0 spiro atoms. The number of hydrogen-bond acceptors (Lipinski definition) is 5. The maximum absolute atomic E-state index is 13.6. The first-order valence-corrected chi connectivity index (χ1v) is 12.4. The molecule has 0 unspecified atom stereocenters. The van der Waals surface area contributed by atoms with Gasteiger partial charge in [-0.25, -0.2) is 4.79 Å². The molecule has 2 aromatic rings. The van der Waals surface area contributed by atoms with E-state index < -0.39 is 5.54 Å². The van der Waals surface area contributed by atoms with Crippen molar-refractivity contribution in [3.05, 3.63) is 52.2 Å². The fourth-order valence-corrected chi connectivity index (χ4v) is 5.89. The molecule has 2 N–H and O–H groups in total. The van der Waals surface area contributed by atoms with Crippen LogP contribution in [0, 0.1) is 11.8 Å².